The molecule has 29 heavy (non-hydrogen) atoms. The Morgan fingerprint density at radius 2 is 1.83 bits per heavy atom. The molecular formula is C21H26FN3O3S. The molecule has 0 radical (unpaired) electrons. The average molecular weight is 420 g/mol. The fourth-order valence-electron chi connectivity index (χ4n) is 4.82. The van der Waals surface area contributed by atoms with Crippen LogP contribution in [-0.4, -0.2) is 48.9 Å². The molecule has 1 aliphatic carbocycles. The maximum atomic E-state index is 13.5. The summed E-state index contributed by atoms with van der Waals surface area (Å²) in [4.78, 5) is 15.4. The number of piperidine rings is 1. The summed E-state index contributed by atoms with van der Waals surface area (Å²) in [6, 6.07) is 5.58. The van der Waals surface area contributed by atoms with Gasteiger partial charge in [-0.3, -0.25) is 4.79 Å². The molecule has 4 rings (SSSR count). The fourth-order valence-corrected chi connectivity index (χ4v) is 5.73. The number of benzene rings is 1. The van der Waals surface area contributed by atoms with E-state index in [1.54, 1.807) is 0 Å². The Morgan fingerprint density at radius 3 is 2.55 bits per heavy atom. The van der Waals surface area contributed by atoms with Gasteiger partial charge in [-0.15, -0.1) is 4.40 Å². The number of halogens is 1. The molecule has 2 aliphatic heterocycles. The van der Waals surface area contributed by atoms with Gasteiger partial charge < -0.3 is 4.90 Å². The van der Waals surface area contributed by atoms with Crippen molar-refractivity contribution < 1.29 is 17.6 Å². The minimum atomic E-state index is -4.03. The summed E-state index contributed by atoms with van der Waals surface area (Å²) in [5.74, 6) is 0.353. The van der Waals surface area contributed by atoms with Gasteiger partial charge in [0.2, 0.25) is 0 Å². The molecule has 0 aromatic heterocycles. The Labute approximate surface area is 171 Å². The van der Waals surface area contributed by atoms with Crippen molar-refractivity contribution >= 4 is 21.8 Å². The molecule has 1 aromatic rings. The molecule has 8 heteroatoms. The SMILES string of the molecule is C[C@@H]1CCN(C(=O)C2=CC(c3ccc(F)cc3)=NS(=O)(=O)N2C)[C@H]2CCCC[C@@H]12. The van der Waals surface area contributed by atoms with Gasteiger partial charge in [-0.2, -0.15) is 8.42 Å². The summed E-state index contributed by atoms with van der Waals surface area (Å²) >= 11 is 0. The number of hydrogen-bond acceptors (Lipinski definition) is 3. The van der Waals surface area contributed by atoms with Gasteiger partial charge in [-0.25, -0.2) is 8.70 Å². The summed E-state index contributed by atoms with van der Waals surface area (Å²) < 4.78 is 43.3. The molecule has 3 atom stereocenters. The molecule has 1 saturated carbocycles. The van der Waals surface area contributed by atoms with Crippen molar-refractivity contribution in [2.75, 3.05) is 13.6 Å². The van der Waals surface area contributed by atoms with Crippen molar-refractivity contribution in [2.45, 2.75) is 45.1 Å². The van der Waals surface area contributed by atoms with E-state index in [0.29, 0.717) is 23.9 Å². The number of hydrogen-bond donors (Lipinski definition) is 0. The Bertz CT molecular complexity index is 971. The van der Waals surface area contributed by atoms with Crippen LogP contribution < -0.4 is 0 Å². The second-order valence-electron chi connectivity index (χ2n) is 8.24. The highest BCUT2D eigenvalue weighted by Crippen LogP contribution is 2.39. The zero-order valence-corrected chi connectivity index (χ0v) is 17.5. The van der Waals surface area contributed by atoms with Crippen molar-refractivity contribution in [2.24, 2.45) is 16.2 Å². The summed E-state index contributed by atoms with van der Waals surface area (Å²) in [6.45, 7) is 2.88. The van der Waals surface area contributed by atoms with Crippen LogP contribution in [0.5, 0.6) is 0 Å². The molecule has 1 saturated heterocycles. The number of allylic oxidation sites excluding steroid dienone is 1. The third-order valence-electron chi connectivity index (χ3n) is 6.53. The molecule has 2 heterocycles. The average Bonchev–Trinajstić information content (AvgIpc) is 2.70. The molecule has 0 spiro atoms. The lowest BCUT2D eigenvalue weighted by Crippen LogP contribution is -2.54. The lowest BCUT2D eigenvalue weighted by Gasteiger charge is -2.47. The second-order valence-corrected chi connectivity index (χ2v) is 9.86. The van der Waals surface area contributed by atoms with E-state index in [9.17, 15) is 17.6 Å². The van der Waals surface area contributed by atoms with Crippen molar-refractivity contribution in [3.63, 3.8) is 0 Å². The molecule has 3 aliphatic rings. The molecule has 6 nitrogen and oxygen atoms in total. The number of amides is 1. The number of rotatable bonds is 2. The smallest absolute Gasteiger partial charge is 0.334 e. The first-order valence-corrected chi connectivity index (χ1v) is 11.5. The Kier molecular flexibility index (Phi) is 5.23. The third-order valence-corrected chi connectivity index (χ3v) is 7.85. The molecule has 1 amide bonds. The monoisotopic (exact) mass is 419 g/mol. The van der Waals surface area contributed by atoms with Gasteiger partial charge in [0.25, 0.3) is 5.91 Å². The predicted octanol–water partition coefficient (Wildman–Crippen LogP) is 3.12. The maximum Gasteiger partial charge on any atom is 0.345 e. The Hall–Kier alpha value is -2.22. The molecule has 1 aromatic carbocycles. The molecule has 0 unspecified atom stereocenters. The standard InChI is InChI=1S/C21H26FN3O3S/c1-14-11-12-25(19-6-4-3-5-17(14)19)21(26)20-13-18(23-29(27,28)24(20)2)15-7-9-16(22)10-8-15/h7-10,13-14,17,19H,3-6,11-12H2,1-2H3/t14-,17+,19+/m1/s1. The first-order valence-electron chi connectivity index (χ1n) is 10.2. The van der Waals surface area contributed by atoms with E-state index in [-0.39, 0.29) is 23.4 Å². The predicted molar refractivity (Wildman–Crippen MR) is 109 cm³/mol. The van der Waals surface area contributed by atoms with Crippen LogP contribution in [0, 0.1) is 17.7 Å². The zero-order valence-electron chi connectivity index (χ0n) is 16.7. The van der Waals surface area contributed by atoms with Gasteiger partial charge in [0.1, 0.15) is 11.5 Å². The normalized spacial score (nSPS) is 29.0. The van der Waals surface area contributed by atoms with E-state index in [1.165, 1.54) is 43.8 Å². The van der Waals surface area contributed by atoms with Crippen molar-refractivity contribution in [3.05, 3.63) is 47.4 Å². The van der Waals surface area contributed by atoms with Crippen LogP contribution in [0.1, 0.15) is 44.6 Å². The molecule has 2 fully saturated rings. The maximum absolute atomic E-state index is 13.5. The molecular weight excluding hydrogens is 393 g/mol. The number of likely N-dealkylation sites (N-methyl/N-ethyl adjacent to an activating group) is 1. The quantitative estimate of drug-likeness (QED) is 0.740. The lowest BCUT2D eigenvalue weighted by atomic mass is 9.72. The van der Waals surface area contributed by atoms with Gasteiger partial charge in [0.15, 0.2) is 0 Å². The number of carbonyl (C=O) groups is 1. The van der Waals surface area contributed by atoms with Crippen LogP contribution in [0.3, 0.4) is 0 Å². The van der Waals surface area contributed by atoms with Crippen LogP contribution in [0.2, 0.25) is 0 Å². The second kappa shape index (κ2) is 7.55. The van der Waals surface area contributed by atoms with E-state index in [4.69, 9.17) is 0 Å². The number of fused-ring (bicyclic) bond motifs is 1. The van der Waals surface area contributed by atoms with Crippen LogP contribution in [0.25, 0.3) is 0 Å². The van der Waals surface area contributed by atoms with E-state index in [0.717, 1.165) is 30.0 Å². The molecule has 156 valence electrons. The minimum Gasteiger partial charge on any atom is -0.334 e. The Balaban J connectivity index is 1.69. The van der Waals surface area contributed by atoms with E-state index < -0.39 is 16.0 Å². The van der Waals surface area contributed by atoms with Crippen molar-refractivity contribution in [1.29, 1.82) is 0 Å². The first-order chi connectivity index (χ1) is 13.8. The summed E-state index contributed by atoms with van der Waals surface area (Å²) in [5, 5.41) is 0. The minimum absolute atomic E-state index is 0.0956. The first kappa shape index (κ1) is 20.1. The summed E-state index contributed by atoms with van der Waals surface area (Å²) in [5.41, 5.74) is 0.700. The van der Waals surface area contributed by atoms with E-state index in [2.05, 4.69) is 11.3 Å². The van der Waals surface area contributed by atoms with Crippen LogP contribution in [-0.2, 0) is 15.0 Å². The lowest BCUT2D eigenvalue weighted by molar-refractivity contribution is -0.135. The van der Waals surface area contributed by atoms with E-state index in [1.807, 2.05) is 4.90 Å². The van der Waals surface area contributed by atoms with Gasteiger partial charge in [0, 0.05) is 25.2 Å². The summed E-state index contributed by atoms with van der Waals surface area (Å²) in [7, 11) is -2.67. The van der Waals surface area contributed by atoms with E-state index >= 15 is 0 Å². The van der Waals surface area contributed by atoms with Gasteiger partial charge in [0.05, 0.1) is 5.71 Å². The highest BCUT2D eigenvalue weighted by atomic mass is 32.2. The van der Waals surface area contributed by atoms with Crippen molar-refractivity contribution in [3.8, 4) is 0 Å². The topological polar surface area (TPSA) is 70.0 Å². The van der Waals surface area contributed by atoms with Crippen LogP contribution in [0.4, 0.5) is 4.39 Å². The highest BCUT2D eigenvalue weighted by molar-refractivity contribution is 7.88. The van der Waals surface area contributed by atoms with Gasteiger partial charge in [-0.05, 0) is 61.4 Å². The van der Waals surface area contributed by atoms with Crippen LogP contribution in [0.15, 0.2) is 40.4 Å². The fraction of sp³-hybridized carbons (Fsp3) is 0.524. The number of nitrogens with zero attached hydrogens (tertiary/aromatic N) is 3. The number of likely N-dealkylation sites (tertiary alicyclic amines) is 1. The largest absolute Gasteiger partial charge is 0.345 e. The Morgan fingerprint density at radius 1 is 1.14 bits per heavy atom. The van der Waals surface area contributed by atoms with Gasteiger partial charge in [-0.1, -0.05) is 19.8 Å². The van der Waals surface area contributed by atoms with Crippen LogP contribution >= 0.6 is 0 Å². The summed E-state index contributed by atoms with van der Waals surface area (Å²) in [6.07, 6.45) is 6.79. The number of carbonyl (C=O) groups excluding carboxylic acids is 1. The zero-order chi connectivity index (χ0) is 20.8. The van der Waals surface area contributed by atoms with Crippen molar-refractivity contribution in [1.82, 2.24) is 9.21 Å². The molecule has 0 N–H and O–H groups in total. The van der Waals surface area contributed by atoms with Gasteiger partial charge >= 0.3 is 10.2 Å². The highest BCUT2D eigenvalue weighted by Gasteiger charge is 2.42. The molecule has 0 bridgehead atoms. The third kappa shape index (κ3) is 3.70.